The fourth-order valence-corrected chi connectivity index (χ4v) is 3.77. The molecule has 5 heteroatoms. The van der Waals surface area contributed by atoms with Gasteiger partial charge in [0.15, 0.2) is 0 Å². The first kappa shape index (κ1) is 14.4. The Hall–Kier alpha value is -1.02. The summed E-state index contributed by atoms with van der Waals surface area (Å²) < 4.78 is 0. The van der Waals surface area contributed by atoms with Gasteiger partial charge in [0.2, 0.25) is 0 Å². The van der Waals surface area contributed by atoms with Crippen LogP contribution in [0, 0.1) is 11.3 Å². The van der Waals surface area contributed by atoms with Crippen molar-refractivity contribution >= 4 is 34.7 Å². The van der Waals surface area contributed by atoms with Gasteiger partial charge in [0.25, 0.3) is 0 Å². The fourth-order valence-electron chi connectivity index (χ4n) is 1.66. The maximum atomic E-state index is 8.79. The van der Waals surface area contributed by atoms with E-state index in [2.05, 4.69) is 18.0 Å². The molecule has 0 spiro atoms. The summed E-state index contributed by atoms with van der Waals surface area (Å²) in [6.45, 7) is 2.08. The maximum absolute atomic E-state index is 8.79. The lowest BCUT2D eigenvalue weighted by Gasteiger charge is -1.98. The van der Waals surface area contributed by atoms with Gasteiger partial charge in [0.1, 0.15) is 5.01 Å². The molecule has 1 heterocycles. The average Bonchev–Trinajstić information content (AvgIpc) is 2.81. The van der Waals surface area contributed by atoms with E-state index >= 15 is 0 Å². The molecule has 0 radical (unpaired) electrons. The van der Waals surface area contributed by atoms with Crippen molar-refractivity contribution in [1.82, 2.24) is 4.98 Å². The fraction of sp³-hybridized carbons (Fsp3) is 0.286. The molecule has 0 fully saturated rings. The zero-order valence-electron chi connectivity index (χ0n) is 10.5. The highest BCUT2D eigenvalue weighted by Gasteiger charge is 2.09. The highest BCUT2D eigenvalue weighted by molar-refractivity contribution is 7.98. The van der Waals surface area contributed by atoms with E-state index in [1.807, 2.05) is 24.3 Å². The number of hydrogen-bond donors (Lipinski definition) is 0. The zero-order chi connectivity index (χ0) is 13.7. The lowest BCUT2D eigenvalue weighted by molar-refractivity contribution is 1.01. The third-order valence-corrected chi connectivity index (χ3v) is 5.13. The van der Waals surface area contributed by atoms with E-state index in [9.17, 15) is 0 Å². The lowest BCUT2D eigenvalue weighted by Crippen LogP contribution is -1.87. The number of nitriles is 1. The van der Waals surface area contributed by atoms with Crippen molar-refractivity contribution in [3.63, 3.8) is 0 Å². The number of benzene rings is 1. The number of thiazole rings is 1. The highest BCUT2D eigenvalue weighted by atomic mass is 35.5. The summed E-state index contributed by atoms with van der Waals surface area (Å²) >= 11 is 9.25. The van der Waals surface area contributed by atoms with Crippen LogP contribution in [0.4, 0.5) is 0 Å². The molecule has 0 saturated carbocycles. The molecule has 19 heavy (non-hydrogen) atoms. The number of aryl methyl sites for hydroxylation is 1. The molecule has 0 amide bonds. The van der Waals surface area contributed by atoms with Crippen LogP contribution in [0.2, 0.25) is 5.02 Å². The van der Waals surface area contributed by atoms with Gasteiger partial charge in [0, 0.05) is 14.8 Å². The van der Waals surface area contributed by atoms with Gasteiger partial charge >= 0.3 is 0 Å². The van der Waals surface area contributed by atoms with Crippen LogP contribution in [0.5, 0.6) is 0 Å². The van der Waals surface area contributed by atoms with Gasteiger partial charge in [-0.2, -0.15) is 5.26 Å². The summed E-state index contributed by atoms with van der Waals surface area (Å²) in [7, 11) is 0. The third kappa shape index (κ3) is 3.97. The molecule has 0 N–H and O–H groups in total. The van der Waals surface area contributed by atoms with Crippen molar-refractivity contribution in [2.75, 3.05) is 0 Å². The van der Waals surface area contributed by atoms with Crippen molar-refractivity contribution in [2.24, 2.45) is 0 Å². The van der Waals surface area contributed by atoms with Gasteiger partial charge in [-0.3, -0.25) is 0 Å². The molecule has 2 nitrogen and oxygen atoms in total. The summed E-state index contributed by atoms with van der Waals surface area (Å²) in [6.07, 6.45) is 1.35. The van der Waals surface area contributed by atoms with Crippen LogP contribution in [0.25, 0.3) is 0 Å². The Morgan fingerprint density at radius 3 is 2.74 bits per heavy atom. The van der Waals surface area contributed by atoms with Gasteiger partial charge < -0.3 is 0 Å². The molecule has 0 aliphatic heterocycles. The smallest absolute Gasteiger partial charge is 0.103 e. The van der Waals surface area contributed by atoms with Gasteiger partial charge in [-0.05, 0) is 30.7 Å². The molecule has 0 saturated heterocycles. The second kappa shape index (κ2) is 6.95. The van der Waals surface area contributed by atoms with Crippen molar-refractivity contribution in [3.05, 3.63) is 44.9 Å². The minimum Gasteiger partial charge on any atom is -0.245 e. The molecule has 2 aromatic rings. The number of hydrogen-bond acceptors (Lipinski definition) is 4. The number of rotatable bonds is 5. The SMILES string of the molecule is CCc1nc(CSc2ccc(Cl)cc2)sc1CC#N. The van der Waals surface area contributed by atoms with Crippen molar-refractivity contribution in [1.29, 1.82) is 5.26 Å². The molecule has 2 rings (SSSR count). The minimum absolute atomic E-state index is 0.465. The molecule has 98 valence electrons. The first-order valence-corrected chi connectivity index (χ1v) is 8.13. The minimum atomic E-state index is 0.465. The van der Waals surface area contributed by atoms with E-state index in [1.165, 1.54) is 4.90 Å². The molecule has 1 aromatic carbocycles. The van der Waals surface area contributed by atoms with Crippen LogP contribution < -0.4 is 0 Å². The van der Waals surface area contributed by atoms with Crippen LogP contribution in [-0.2, 0) is 18.6 Å². The number of halogens is 1. The van der Waals surface area contributed by atoms with Crippen LogP contribution >= 0.6 is 34.7 Å². The normalized spacial score (nSPS) is 10.4. The average molecular weight is 309 g/mol. The van der Waals surface area contributed by atoms with Gasteiger partial charge in [0.05, 0.1) is 23.9 Å². The Balaban J connectivity index is 2.03. The second-order valence-corrected chi connectivity index (χ2v) is 6.56. The molecule has 0 unspecified atom stereocenters. The van der Waals surface area contributed by atoms with Crippen LogP contribution in [0.1, 0.15) is 22.5 Å². The topological polar surface area (TPSA) is 36.7 Å². The van der Waals surface area contributed by atoms with E-state index in [0.717, 1.165) is 32.8 Å². The largest absolute Gasteiger partial charge is 0.245 e. The molecule has 1 aromatic heterocycles. The first-order valence-electron chi connectivity index (χ1n) is 5.95. The van der Waals surface area contributed by atoms with E-state index < -0.39 is 0 Å². The Kier molecular flexibility index (Phi) is 5.26. The molecular formula is C14H13ClN2S2. The number of aromatic nitrogens is 1. The van der Waals surface area contributed by atoms with Crippen molar-refractivity contribution < 1.29 is 0 Å². The maximum Gasteiger partial charge on any atom is 0.103 e. The lowest BCUT2D eigenvalue weighted by atomic mass is 10.2. The van der Waals surface area contributed by atoms with E-state index in [1.54, 1.807) is 23.1 Å². The predicted octanol–water partition coefficient (Wildman–Crippen LogP) is 4.72. The molecule has 0 atom stereocenters. The molecule has 0 aliphatic rings. The summed E-state index contributed by atoms with van der Waals surface area (Å²) in [5, 5.41) is 10.6. The van der Waals surface area contributed by atoms with E-state index in [-0.39, 0.29) is 0 Å². The third-order valence-electron chi connectivity index (χ3n) is 2.57. The van der Waals surface area contributed by atoms with Gasteiger partial charge in [-0.15, -0.1) is 23.1 Å². The quantitative estimate of drug-likeness (QED) is 0.750. The summed E-state index contributed by atoms with van der Waals surface area (Å²) in [5.74, 6) is 0.838. The second-order valence-electron chi connectivity index (χ2n) is 3.91. The molecule has 0 aliphatic carbocycles. The predicted molar refractivity (Wildman–Crippen MR) is 81.8 cm³/mol. The van der Waals surface area contributed by atoms with Gasteiger partial charge in [-0.1, -0.05) is 18.5 Å². The summed E-state index contributed by atoms with van der Waals surface area (Å²) in [6, 6.07) is 10.0. The van der Waals surface area contributed by atoms with Gasteiger partial charge in [-0.25, -0.2) is 4.98 Å². The van der Waals surface area contributed by atoms with Crippen LogP contribution in [0.15, 0.2) is 29.2 Å². The number of thioether (sulfide) groups is 1. The van der Waals surface area contributed by atoms with E-state index in [4.69, 9.17) is 16.9 Å². The number of nitrogens with zero attached hydrogens (tertiary/aromatic N) is 2. The zero-order valence-corrected chi connectivity index (χ0v) is 12.9. The monoisotopic (exact) mass is 308 g/mol. The van der Waals surface area contributed by atoms with Crippen LogP contribution in [-0.4, -0.2) is 4.98 Å². The van der Waals surface area contributed by atoms with Crippen LogP contribution in [0.3, 0.4) is 0 Å². The Morgan fingerprint density at radius 1 is 1.37 bits per heavy atom. The summed E-state index contributed by atoms with van der Waals surface area (Å²) in [5.41, 5.74) is 1.07. The standard InChI is InChI=1S/C14H13ClN2S2/c1-2-12-13(7-8-16)19-14(17-12)9-18-11-5-3-10(15)4-6-11/h3-6H,2,7,9H2,1H3. The van der Waals surface area contributed by atoms with Crippen molar-refractivity contribution in [3.8, 4) is 6.07 Å². The Labute approximate surface area is 126 Å². The molecular weight excluding hydrogens is 296 g/mol. The van der Waals surface area contributed by atoms with Crippen molar-refractivity contribution in [2.45, 2.75) is 30.4 Å². The highest BCUT2D eigenvalue weighted by Crippen LogP contribution is 2.28. The van der Waals surface area contributed by atoms with E-state index in [0.29, 0.717) is 6.42 Å². The summed E-state index contributed by atoms with van der Waals surface area (Å²) in [4.78, 5) is 6.89. The Bertz CT molecular complexity index is 584. The molecule has 0 bridgehead atoms. The first-order chi connectivity index (χ1) is 9.22. The Morgan fingerprint density at radius 2 is 2.11 bits per heavy atom.